The zero-order valence-corrected chi connectivity index (χ0v) is 13.7. The maximum absolute atomic E-state index is 5.52. The third-order valence-corrected chi connectivity index (χ3v) is 4.26. The van der Waals surface area contributed by atoms with Crippen LogP contribution >= 0.6 is 0 Å². The molecule has 1 unspecified atom stereocenters. The zero-order chi connectivity index (χ0) is 16.5. The van der Waals surface area contributed by atoms with Crippen molar-refractivity contribution in [1.29, 1.82) is 0 Å². The number of morpholine rings is 1. The summed E-state index contributed by atoms with van der Waals surface area (Å²) in [5, 5.41) is 0.992. The average molecular weight is 325 g/mol. The Hall–Kier alpha value is -2.67. The van der Waals surface area contributed by atoms with Crippen LogP contribution in [-0.2, 0) is 4.74 Å². The van der Waals surface area contributed by atoms with Crippen LogP contribution in [0.5, 0.6) is 5.88 Å². The summed E-state index contributed by atoms with van der Waals surface area (Å²) in [6.45, 7) is 4.32. The molecule has 1 atom stereocenters. The lowest BCUT2D eigenvalue weighted by atomic mass is 10.1. The number of hydrogen-bond acceptors (Lipinski definition) is 6. The lowest BCUT2D eigenvalue weighted by Crippen LogP contribution is -2.44. The first-order valence-electron chi connectivity index (χ1n) is 7.96. The second-order valence-corrected chi connectivity index (χ2v) is 5.81. The van der Waals surface area contributed by atoms with Gasteiger partial charge in [-0.3, -0.25) is 0 Å². The molecule has 24 heavy (non-hydrogen) atoms. The van der Waals surface area contributed by atoms with Crippen molar-refractivity contribution in [2.75, 3.05) is 31.8 Å². The number of aromatic amines is 1. The van der Waals surface area contributed by atoms with E-state index in [1.165, 1.54) is 0 Å². The molecule has 7 nitrogen and oxygen atoms in total. The number of hydrogen-bond donors (Lipinski definition) is 1. The van der Waals surface area contributed by atoms with Gasteiger partial charge in [-0.05, 0) is 19.1 Å². The summed E-state index contributed by atoms with van der Waals surface area (Å²) in [5.74, 6) is 2.04. The SMILES string of the molecule is COc1cc(N2CCOCC2C)nc(-c2ccnc3[nH]ccc23)n1. The molecule has 4 heterocycles. The summed E-state index contributed by atoms with van der Waals surface area (Å²) in [7, 11) is 1.62. The van der Waals surface area contributed by atoms with Gasteiger partial charge in [0.15, 0.2) is 5.82 Å². The van der Waals surface area contributed by atoms with Gasteiger partial charge in [0.1, 0.15) is 11.5 Å². The van der Waals surface area contributed by atoms with E-state index in [0.717, 1.165) is 29.0 Å². The first kappa shape index (κ1) is 14.9. The fourth-order valence-corrected chi connectivity index (χ4v) is 3.01. The van der Waals surface area contributed by atoms with Crippen LogP contribution in [0.3, 0.4) is 0 Å². The number of methoxy groups -OCH3 is 1. The predicted molar refractivity (Wildman–Crippen MR) is 91.3 cm³/mol. The van der Waals surface area contributed by atoms with E-state index in [9.17, 15) is 0 Å². The van der Waals surface area contributed by atoms with Gasteiger partial charge in [-0.1, -0.05) is 0 Å². The first-order valence-corrected chi connectivity index (χ1v) is 7.96. The lowest BCUT2D eigenvalue weighted by molar-refractivity contribution is 0.0985. The van der Waals surface area contributed by atoms with Crippen molar-refractivity contribution in [2.45, 2.75) is 13.0 Å². The van der Waals surface area contributed by atoms with Crippen LogP contribution in [0.15, 0.2) is 30.6 Å². The number of anilines is 1. The Morgan fingerprint density at radius 3 is 3.08 bits per heavy atom. The number of aromatic nitrogens is 4. The van der Waals surface area contributed by atoms with E-state index in [1.54, 1.807) is 13.3 Å². The van der Waals surface area contributed by atoms with Crippen molar-refractivity contribution < 1.29 is 9.47 Å². The number of nitrogens with one attached hydrogen (secondary N) is 1. The van der Waals surface area contributed by atoms with Gasteiger partial charge in [-0.15, -0.1) is 0 Å². The summed E-state index contributed by atoms with van der Waals surface area (Å²) >= 11 is 0. The van der Waals surface area contributed by atoms with Crippen LogP contribution in [0.2, 0.25) is 0 Å². The van der Waals surface area contributed by atoms with Crippen molar-refractivity contribution in [2.24, 2.45) is 0 Å². The third kappa shape index (κ3) is 2.56. The third-order valence-electron chi connectivity index (χ3n) is 4.26. The Morgan fingerprint density at radius 2 is 2.25 bits per heavy atom. The van der Waals surface area contributed by atoms with Crippen molar-refractivity contribution in [3.05, 3.63) is 30.6 Å². The largest absolute Gasteiger partial charge is 0.481 e. The molecule has 7 heteroatoms. The van der Waals surface area contributed by atoms with E-state index in [4.69, 9.17) is 14.5 Å². The van der Waals surface area contributed by atoms with Crippen LogP contribution in [0.25, 0.3) is 22.4 Å². The number of nitrogens with zero attached hydrogens (tertiary/aromatic N) is 4. The Morgan fingerprint density at radius 1 is 1.33 bits per heavy atom. The summed E-state index contributed by atoms with van der Waals surface area (Å²) in [6, 6.07) is 6.05. The molecule has 4 rings (SSSR count). The standard InChI is InChI=1S/C17H19N5O2/c1-11-10-24-8-7-22(11)14-9-15(23-2)21-17(20-14)13-4-6-19-16-12(13)3-5-18-16/h3-6,9,11H,7-8,10H2,1-2H3,(H,18,19). The highest BCUT2D eigenvalue weighted by molar-refractivity contribution is 5.91. The van der Waals surface area contributed by atoms with Gasteiger partial charge < -0.3 is 19.4 Å². The van der Waals surface area contributed by atoms with E-state index in [1.807, 2.05) is 24.4 Å². The first-order chi connectivity index (χ1) is 11.8. The van der Waals surface area contributed by atoms with Crippen LogP contribution in [0.4, 0.5) is 5.82 Å². The highest BCUT2D eigenvalue weighted by Crippen LogP contribution is 2.29. The molecular formula is C17H19N5O2. The molecule has 3 aromatic rings. The molecule has 0 radical (unpaired) electrons. The quantitative estimate of drug-likeness (QED) is 0.796. The maximum atomic E-state index is 5.52. The van der Waals surface area contributed by atoms with Crippen LogP contribution < -0.4 is 9.64 Å². The highest BCUT2D eigenvalue weighted by atomic mass is 16.5. The molecule has 0 amide bonds. The van der Waals surface area contributed by atoms with E-state index >= 15 is 0 Å². The molecule has 0 saturated carbocycles. The van der Waals surface area contributed by atoms with Crippen LogP contribution in [0.1, 0.15) is 6.92 Å². The molecule has 0 spiro atoms. The molecule has 1 fully saturated rings. The monoisotopic (exact) mass is 325 g/mol. The normalized spacial score (nSPS) is 18.1. The molecule has 1 aliphatic rings. The molecule has 1 N–H and O–H groups in total. The van der Waals surface area contributed by atoms with Crippen molar-refractivity contribution in [3.63, 3.8) is 0 Å². The molecule has 1 aliphatic heterocycles. The summed E-state index contributed by atoms with van der Waals surface area (Å²) < 4.78 is 10.9. The molecule has 124 valence electrons. The number of rotatable bonds is 3. The Kier molecular flexibility index (Phi) is 3.78. The number of H-pyrrole nitrogens is 1. The molecule has 0 aliphatic carbocycles. The topological polar surface area (TPSA) is 76.2 Å². The Balaban J connectivity index is 1.84. The van der Waals surface area contributed by atoms with E-state index in [-0.39, 0.29) is 6.04 Å². The van der Waals surface area contributed by atoms with Crippen molar-refractivity contribution in [1.82, 2.24) is 19.9 Å². The smallest absolute Gasteiger partial charge is 0.218 e. The van der Waals surface area contributed by atoms with Crippen molar-refractivity contribution >= 4 is 16.9 Å². The summed E-state index contributed by atoms with van der Waals surface area (Å²) in [6.07, 6.45) is 3.63. The van der Waals surface area contributed by atoms with Gasteiger partial charge in [0, 0.05) is 36.0 Å². The fraction of sp³-hybridized carbons (Fsp3) is 0.353. The number of fused-ring (bicyclic) bond motifs is 1. The summed E-state index contributed by atoms with van der Waals surface area (Å²) in [4.78, 5) is 19.0. The minimum Gasteiger partial charge on any atom is -0.481 e. The van der Waals surface area contributed by atoms with Gasteiger partial charge in [0.2, 0.25) is 5.88 Å². The van der Waals surface area contributed by atoms with E-state index < -0.39 is 0 Å². The maximum Gasteiger partial charge on any atom is 0.218 e. The van der Waals surface area contributed by atoms with E-state index in [2.05, 4.69) is 26.8 Å². The van der Waals surface area contributed by atoms with Gasteiger partial charge in [0.25, 0.3) is 0 Å². The minimum atomic E-state index is 0.260. The van der Waals surface area contributed by atoms with Gasteiger partial charge in [-0.2, -0.15) is 4.98 Å². The Bertz CT molecular complexity index is 863. The van der Waals surface area contributed by atoms with Gasteiger partial charge >= 0.3 is 0 Å². The average Bonchev–Trinajstić information content (AvgIpc) is 3.10. The number of ether oxygens (including phenoxy) is 2. The van der Waals surface area contributed by atoms with Gasteiger partial charge in [0.05, 0.1) is 26.4 Å². The van der Waals surface area contributed by atoms with Crippen LogP contribution in [-0.4, -0.2) is 52.8 Å². The van der Waals surface area contributed by atoms with Gasteiger partial charge in [-0.25, -0.2) is 9.97 Å². The van der Waals surface area contributed by atoms with Crippen molar-refractivity contribution in [3.8, 4) is 17.3 Å². The Labute approximate surface area is 139 Å². The molecule has 1 saturated heterocycles. The second kappa shape index (κ2) is 6.09. The second-order valence-electron chi connectivity index (χ2n) is 5.81. The zero-order valence-electron chi connectivity index (χ0n) is 13.7. The molecule has 0 bridgehead atoms. The molecule has 0 aromatic carbocycles. The highest BCUT2D eigenvalue weighted by Gasteiger charge is 2.22. The number of pyridine rings is 1. The minimum absolute atomic E-state index is 0.260. The predicted octanol–water partition coefficient (Wildman–Crippen LogP) is 2.25. The lowest BCUT2D eigenvalue weighted by Gasteiger charge is -2.34. The molecular weight excluding hydrogens is 306 g/mol. The van der Waals surface area contributed by atoms with Crippen LogP contribution in [0, 0.1) is 0 Å². The fourth-order valence-electron chi connectivity index (χ4n) is 3.01. The van der Waals surface area contributed by atoms with E-state index in [0.29, 0.717) is 24.9 Å². The summed E-state index contributed by atoms with van der Waals surface area (Å²) in [5.41, 5.74) is 1.75. The molecule has 3 aromatic heterocycles.